The molecule has 0 aromatic rings. The second kappa shape index (κ2) is 47.6. The molecule has 344 valence electrons. The number of hydrogen-bond donors (Lipinski definition) is 2. The van der Waals surface area contributed by atoms with E-state index in [0.717, 1.165) is 64.2 Å². The van der Waals surface area contributed by atoms with E-state index in [-0.39, 0.29) is 11.4 Å². The van der Waals surface area contributed by atoms with E-state index in [4.69, 9.17) is 9.84 Å². The first-order valence-electron chi connectivity index (χ1n) is 25.6. The third-order valence-corrected chi connectivity index (χ3v) is 12.1. The third-order valence-electron chi connectivity index (χ3n) is 12.1. The maximum Gasteiger partial charge on any atom is 0.311 e. The van der Waals surface area contributed by atoms with E-state index in [1.807, 2.05) is 6.92 Å². The predicted octanol–water partition coefficient (Wildman–Crippen LogP) is 17.5. The van der Waals surface area contributed by atoms with Gasteiger partial charge in [-0.15, -0.1) is 0 Å². The van der Waals surface area contributed by atoms with Crippen LogP contribution in [-0.4, -0.2) is 35.4 Å². The number of ether oxygens (including phenoxy) is 1. The molecule has 0 amide bonds. The number of carboxylic acids is 1. The van der Waals surface area contributed by atoms with Gasteiger partial charge in [-0.25, -0.2) is 0 Å². The third kappa shape index (κ3) is 42.8. The molecule has 0 heterocycles. The van der Waals surface area contributed by atoms with Gasteiger partial charge < -0.3 is 14.9 Å². The normalized spacial score (nSPS) is 13.1. The highest BCUT2D eigenvalue weighted by Gasteiger charge is 2.34. The van der Waals surface area contributed by atoms with Crippen LogP contribution in [-0.2, 0) is 14.3 Å². The summed E-state index contributed by atoms with van der Waals surface area (Å²) in [6.07, 6.45) is 46.3. The van der Waals surface area contributed by atoms with Gasteiger partial charge in [0.05, 0.1) is 17.4 Å². The first kappa shape index (κ1) is 60.2. The van der Waals surface area contributed by atoms with Crippen LogP contribution in [0.1, 0.15) is 299 Å². The first-order valence-corrected chi connectivity index (χ1v) is 25.6. The zero-order valence-electron chi connectivity index (χ0n) is 40.4. The van der Waals surface area contributed by atoms with Gasteiger partial charge in [0, 0.05) is 6.61 Å². The van der Waals surface area contributed by atoms with Crippen molar-refractivity contribution in [1.29, 1.82) is 0 Å². The molecule has 0 fully saturated rings. The lowest BCUT2D eigenvalue weighted by atomic mass is 9.79. The molecule has 57 heavy (non-hydrogen) atoms. The number of carboxylic acid groups (broad SMARTS) is 1. The Kier molecular flexibility index (Phi) is 50.3. The zero-order valence-corrected chi connectivity index (χ0v) is 40.4. The maximum absolute atomic E-state index is 12.8. The minimum absolute atomic E-state index is 0.0695. The highest BCUT2D eigenvalue weighted by Crippen LogP contribution is 2.34. The Balaban J connectivity index is -0.000000905. The quantitative estimate of drug-likeness (QED) is 0.0475. The molecule has 5 nitrogen and oxygen atoms in total. The highest BCUT2D eigenvalue weighted by atomic mass is 16.5. The number of aliphatic carboxylic acids is 1. The number of aliphatic hydroxyl groups excluding tert-OH is 1. The Labute approximate surface area is 358 Å². The second-order valence-electron chi connectivity index (χ2n) is 18.2. The zero-order chi connectivity index (χ0) is 43.1. The van der Waals surface area contributed by atoms with Crippen LogP contribution >= 0.6 is 0 Å². The van der Waals surface area contributed by atoms with E-state index in [2.05, 4.69) is 48.5 Å². The van der Waals surface area contributed by atoms with Crippen molar-refractivity contribution in [3.63, 3.8) is 0 Å². The van der Waals surface area contributed by atoms with Gasteiger partial charge in [-0.1, -0.05) is 247 Å². The Morgan fingerprint density at radius 3 is 0.877 bits per heavy atom. The molecule has 0 bridgehead atoms. The first-order chi connectivity index (χ1) is 27.6. The largest absolute Gasteiger partial charge is 0.481 e. The molecule has 0 saturated heterocycles. The summed E-state index contributed by atoms with van der Waals surface area (Å²) in [5.74, 6) is -0.519. The van der Waals surface area contributed by atoms with Crippen molar-refractivity contribution in [2.45, 2.75) is 299 Å². The lowest BCUT2D eigenvalue weighted by Crippen LogP contribution is -2.30. The van der Waals surface area contributed by atoms with Crippen LogP contribution in [0.5, 0.6) is 0 Å². The smallest absolute Gasteiger partial charge is 0.311 e. The van der Waals surface area contributed by atoms with E-state index in [9.17, 15) is 14.7 Å². The number of esters is 1. The van der Waals surface area contributed by atoms with Gasteiger partial charge in [0.25, 0.3) is 0 Å². The van der Waals surface area contributed by atoms with Crippen molar-refractivity contribution in [2.75, 3.05) is 13.2 Å². The molecule has 5 heteroatoms. The molecule has 0 aliphatic rings. The van der Waals surface area contributed by atoms with Crippen LogP contribution in [0, 0.1) is 10.8 Å². The molecule has 0 rings (SSSR count). The average molecular weight is 811 g/mol. The van der Waals surface area contributed by atoms with Gasteiger partial charge in [0.1, 0.15) is 0 Å². The van der Waals surface area contributed by atoms with Gasteiger partial charge >= 0.3 is 11.9 Å². The van der Waals surface area contributed by atoms with E-state index >= 15 is 0 Å². The topological polar surface area (TPSA) is 83.8 Å². The molecule has 2 N–H and O–H groups in total. The van der Waals surface area contributed by atoms with Gasteiger partial charge in [-0.05, 0) is 52.4 Å². The lowest BCUT2D eigenvalue weighted by molar-refractivity contribution is -0.156. The Hall–Kier alpha value is -1.10. The lowest BCUT2D eigenvalue weighted by Gasteiger charge is -2.27. The van der Waals surface area contributed by atoms with Crippen molar-refractivity contribution in [1.82, 2.24) is 0 Å². The fraction of sp³-hybridized carbons (Fsp3) is 0.962. The Morgan fingerprint density at radius 2 is 0.614 bits per heavy atom. The predicted molar refractivity (Wildman–Crippen MR) is 251 cm³/mol. The Bertz CT molecular complexity index is 795. The van der Waals surface area contributed by atoms with Gasteiger partial charge in [0.15, 0.2) is 0 Å². The molecule has 0 aromatic carbocycles. The molecular formula is C52H106O5. The van der Waals surface area contributed by atoms with Crippen LogP contribution in [0.25, 0.3) is 0 Å². The molecule has 0 aromatic heterocycles. The number of rotatable bonds is 41. The van der Waals surface area contributed by atoms with E-state index in [1.165, 1.54) is 180 Å². The summed E-state index contributed by atoms with van der Waals surface area (Å²) in [6.45, 7) is 18.4. The van der Waals surface area contributed by atoms with Crippen molar-refractivity contribution in [2.24, 2.45) is 10.8 Å². The molecule has 0 aliphatic carbocycles. The molecular weight excluding hydrogens is 705 g/mol. The average Bonchev–Trinajstić information content (AvgIpc) is 3.20. The molecule has 0 aliphatic heterocycles. The van der Waals surface area contributed by atoms with Gasteiger partial charge in [0.2, 0.25) is 0 Å². The maximum atomic E-state index is 12.8. The number of hydrogen-bond acceptors (Lipinski definition) is 4. The number of carbonyl (C=O) groups is 2. The van der Waals surface area contributed by atoms with Crippen molar-refractivity contribution >= 4 is 11.9 Å². The van der Waals surface area contributed by atoms with Gasteiger partial charge in [-0.2, -0.15) is 0 Å². The summed E-state index contributed by atoms with van der Waals surface area (Å²) < 4.78 is 5.69. The van der Waals surface area contributed by atoms with E-state index < -0.39 is 11.4 Å². The van der Waals surface area contributed by atoms with Crippen LogP contribution < -0.4 is 0 Å². The second-order valence-corrected chi connectivity index (χ2v) is 18.2. The van der Waals surface area contributed by atoms with Crippen LogP contribution in [0.3, 0.4) is 0 Å². The minimum atomic E-state index is -0.589. The standard InChI is InChI=1S/C26H52O2.C21H42O2.C5H12O/c1-5-8-11-13-15-16-18-20-23-26(4,22-19-17-14-12-9-6-2)25(27)28-24-21-10-7-3;1-4-6-8-10-12-13-15-17-19-21(3,20(22)23)18-16-14-11-9-7-5-2;1-2-3-4-5-6/h5-24H2,1-4H3;4-19H2,1-3H3,(H,22,23);6H,2-5H2,1H3. The molecule has 0 saturated carbocycles. The summed E-state index contributed by atoms with van der Waals surface area (Å²) in [6, 6.07) is 0. The van der Waals surface area contributed by atoms with Crippen molar-refractivity contribution in [3.8, 4) is 0 Å². The minimum Gasteiger partial charge on any atom is -0.481 e. The number of unbranched alkanes of at least 4 members (excludes halogenated alkanes) is 28. The molecule has 0 spiro atoms. The van der Waals surface area contributed by atoms with Crippen LogP contribution in [0.4, 0.5) is 0 Å². The molecule has 2 atom stereocenters. The highest BCUT2D eigenvalue weighted by molar-refractivity contribution is 5.76. The summed E-state index contributed by atoms with van der Waals surface area (Å²) in [7, 11) is 0. The van der Waals surface area contributed by atoms with Crippen molar-refractivity contribution in [3.05, 3.63) is 0 Å². The summed E-state index contributed by atoms with van der Waals surface area (Å²) in [5, 5.41) is 17.8. The fourth-order valence-corrected chi connectivity index (χ4v) is 7.61. The summed E-state index contributed by atoms with van der Waals surface area (Å²) in [4.78, 5) is 24.4. The van der Waals surface area contributed by atoms with E-state index in [1.54, 1.807) is 0 Å². The van der Waals surface area contributed by atoms with Gasteiger partial charge in [-0.3, -0.25) is 9.59 Å². The summed E-state index contributed by atoms with van der Waals surface area (Å²) in [5.41, 5.74) is -0.758. The number of carbonyl (C=O) groups excluding carboxylic acids is 1. The monoisotopic (exact) mass is 811 g/mol. The molecule has 2 unspecified atom stereocenters. The number of aliphatic hydroxyl groups is 1. The molecule has 0 radical (unpaired) electrons. The van der Waals surface area contributed by atoms with Crippen LogP contribution in [0.2, 0.25) is 0 Å². The van der Waals surface area contributed by atoms with Crippen LogP contribution in [0.15, 0.2) is 0 Å². The SMILES string of the molecule is CCCCCCCCCCC(C)(CCCCCCCC)C(=O)O.CCCCCCCCCCC(C)(CCCCCCCC)C(=O)OCCCCC.CCCCCO. The van der Waals surface area contributed by atoms with E-state index in [0.29, 0.717) is 13.2 Å². The summed E-state index contributed by atoms with van der Waals surface area (Å²) >= 11 is 0. The van der Waals surface area contributed by atoms with Crippen molar-refractivity contribution < 1.29 is 24.5 Å². The Morgan fingerprint density at radius 1 is 0.368 bits per heavy atom. The fourth-order valence-electron chi connectivity index (χ4n) is 7.61.